The first-order valence-corrected chi connectivity index (χ1v) is 8.32. The highest BCUT2D eigenvalue weighted by Crippen LogP contribution is 2.20. The van der Waals surface area contributed by atoms with E-state index in [4.69, 9.17) is 16.2 Å². The van der Waals surface area contributed by atoms with Gasteiger partial charge >= 0.3 is 0 Å². The fourth-order valence-electron chi connectivity index (χ4n) is 2.48. The number of rotatable bonds is 6. The van der Waals surface area contributed by atoms with Crippen LogP contribution in [0.25, 0.3) is 11.0 Å². The van der Waals surface area contributed by atoms with E-state index in [-0.39, 0.29) is 0 Å². The summed E-state index contributed by atoms with van der Waals surface area (Å²) in [7, 11) is 0. The van der Waals surface area contributed by atoms with Gasteiger partial charge in [-0.1, -0.05) is 13.8 Å². The van der Waals surface area contributed by atoms with Gasteiger partial charge in [0.05, 0.1) is 42.2 Å². The molecular weight excluding hydrogens is 316 g/mol. The molecule has 0 bridgehead atoms. The maximum Gasteiger partial charge on any atom is 0.132 e. The standard InChI is InChI=1S/C18H24N6O/c1-11(2)12(7-19)5-17(20)24-18-4-3-15-16(23-18)6-13(8-21-15)22-14-9-25-10-14/h3-8,11,14,22H,9-10,19-20H2,1-2H3,(H,23,24)/b12-7+,17-5+. The molecule has 0 amide bonds. The number of anilines is 2. The average Bonchev–Trinajstić information content (AvgIpc) is 2.55. The van der Waals surface area contributed by atoms with Gasteiger partial charge in [-0.3, -0.25) is 4.98 Å². The largest absolute Gasteiger partial charge is 0.404 e. The highest BCUT2D eigenvalue weighted by Gasteiger charge is 2.17. The van der Waals surface area contributed by atoms with E-state index >= 15 is 0 Å². The third kappa shape index (κ3) is 4.19. The van der Waals surface area contributed by atoms with E-state index in [0.717, 1.165) is 35.5 Å². The van der Waals surface area contributed by atoms with Gasteiger partial charge in [0.1, 0.15) is 11.6 Å². The Morgan fingerprint density at radius 1 is 1.32 bits per heavy atom. The van der Waals surface area contributed by atoms with Crippen LogP contribution in [0.3, 0.4) is 0 Å². The highest BCUT2D eigenvalue weighted by molar-refractivity contribution is 5.79. The second-order valence-corrected chi connectivity index (χ2v) is 6.38. The van der Waals surface area contributed by atoms with Crippen LogP contribution in [0.1, 0.15) is 13.8 Å². The van der Waals surface area contributed by atoms with Gasteiger partial charge in [0.2, 0.25) is 0 Å². The van der Waals surface area contributed by atoms with Crippen molar-refractivity contribution in [2.75, 3.05) is 23.8 Å². The van der Waals surface area contributed by atoms with E-state index in [1.54, 1.807) is 6.20 Å². The Balaban J connectivity index is 1.78. The molecule has 1 fully saturated rings. The van der Waals surface area contributed by atoms with Gasteiger partial charge in [0, 0.05) is 0 Å². The van der Waals surface area contributed by atoms with Crippen LogP contribution in [0.5, 0.6) is 0 Å². The molecule has 1 aliphatic heterocycles. The lowest BCUT2D eigenvalue weighted by Gasteiger charge is -2.27. The molecule has 3 rings (SSSR count). The SMILES string of the molecule is CC(C)C(=C/N)/C=C(\N)Nc1ccc2ncc(NC3COC3)cc2n1. The monoisotopic (exact) mass is 340 g/mol. The van der Waals surface area contributed by atoms with Crippen molar-refractivity contribution in [2.24, 2.45) is 17.4 Å². The van der Waals surface area contributed by atoms with Gasteiger partial charge in [0.15, 0.2) is 0 Å². The summed E-state index contributed by atoms with van der Waals surface area (Å²) < 4.78 is 5.17. The Morgan fingerprint density at radius 3 is 2.76 bits per heavy atom. The van der Waals surface area contributed by atoms with Crippen molar-refractivity contribution in [1.29, 1.82) is 0 Å². The van der Waals surface area contributed by atoms with Gasteiger partial charge in [0.25, 0.3) is 0 Å². The van der Waals surface area contributed by atoms with Crippen LogP contribution in [-0.4, -0.2) is 29.2 Å². The van der Waals surface area contributed by atoms with E-state index in [2.05, 4.69) is 34.4 Å². The number of nitrogens with two attached hydrogens (primary N) is 2. The summed E-state index contributed by atoms with van der Waals surface area (Å²) in [5.41, 5.74) is 15.2. The van der Waals surface area contributed by atoms with Crippen LogP contribution < -0.4 is 22.1 Å². The van der Waals surface area contributed by atoms with Crippen LogP contribution in [0.2, 0.25) is 0 Å². The number of allylic oxidation sites excluding steroid dienone is 2. The van der Waals surface area contributed by atoms with Crippen molar-refractivity contribution in [1.82, 2.24) is 9.97 Å². The lowest BCUT2D eigenvalue weighted by atomic mass is 10.0. The van der Waals surface area contributed by atoms with E-state index in [1.165, 1.54) is 0 Å². The zero-order chi connectivity index (χ0) is 17.8. The van der Waals surface area contributed by atoms with Crippen molar-refractivity contribution >= 4 is 22.5 Å². The molecule has 132 valence electrons. The second kappa shape index (κ2) is 7.40. The van der Waals surface area contributed by atoms with E-state index in [1.807, 2.05) is 30.5 Å². The fraction of sp³-hybridized carbons (Fsp3) is 0.333. The predicted molar refractivity (Wildman–Crippen MR) is 101 cm³/mol. The lowest BCUT2D eigenvalue weighted by molar-refractivity contribution is 0.0211. The van der Waals surface area contributed by atoms with Crippen LogP contribution in [0.4, 0.5) is 11.5 Å². The van der Waals surface area contributed by atoms with Crippen molar-refractivity contribution < 1.29 is 4.74 Å². The maximum absolute atomic E-state index is 6.06. The Labute approximate surface area is 147 Å². The molecule has 0 saturated carbocycles. The molecule has 25 heavy (non-hydrogen) atoms. The van der Waals surface area contributed by atoms with Gasteiger partial charge in [-0.2, -0.15) is 0 Å². The Bertz CT molecular complexity index is 810. The summed E-state index contributed by atoms with van der Waals surface area (Å²) in [6.45, 7) is 5.57. The van der Waals surface area contributed by atoms with Gasteiger partial charge < -0.3 is 26.8 Å². The first-order chi connectivity index (χ1) is 12.0. The van der Waals surface area contributed by atoms with E-state index in [9.17, 15) is 0 Å². The molecule has 0 atom stereocenters. The Hall–Kier alpha value is -2.80. The molecule has 1 aliphatic rings. The molecule has 7 nitrogen and oxygen atoms in total. The minimum Gasteiger partial charge on any atom is -0.404 e. The molecule has 1 saturated heterocycles. The van der Waals surface area contributed by atoms with Gasteiger partial charge in [-0.15, -0.1) is 0 Å². The summed E-state index contributed by atoms with van der Waals surface area (Å²) in [5, 5.41) is 6.47. The van der Waals surface area contributed by atoms with Gasteiger partial charge in [-0.25, -0.2) is 4.98 Å². The lowest BCUT2D eigenvalue weighted by Crippen LogP contribution is -2.40. The average molecular weight is 340 g/mol. The summed E-state index contributed by atoms with van der Waals surface area (Å²) in [5.74, 6) is 1.45. The summed E-state index contributed by atoms with van der Waals surface area (Å²) in [6, 6.07) is 6.09. The predicted octanol–water partition coefficient (Wildman–Crippen LogP) is 2.15. The molecule has 0 radical (unpaired) electrons. The number of nitrogens with zero attached hydrogens (tertiary/aromatic N) is 2. The first-order valence-electron chi connectivity index (χ1n) is 8.32. The summed E-state index contributed by atoms with van der Waals surface area (Å²) >= 11 is 0. The Kier molecular flexibility index (Phi) is 5.04. The zero-order valence-corrected chi connectivity index (χ0v) is 14.5. The van der Waals surface area contributed by atoms with Crippen LogP contribution in [-0.2, 0) is 4.74 Å². The summed E-state index contributed by atoms with van der Waals surface area (Å²) in [4.78, 5) is 9.02. The highest BCUT2D eigenvalue weighted by atomic mass is 16.5. The number of pyridine rings is 2. The second-order valence-electron chi connectivity index (χ2n) is 6.38. The van der Waals surface area contributed by atoms with Crippen LogP contribution >= 0.6 is 0 Å². The fourth-order valence-corrected chi connectivity index (χ4v) is 2.48. The molecule has 2 aromatic heterocycles. The smallest absolute Gasteiger partial charge is 0.132 e. The molecule has 0 unspecified atom stereocenters. The number of hydrogen-bond donors (Lipinski definition) is 4. The summed E-state index contributed by atoms with van der Waals surface area (Å²) in [6.07, 6.45) is 5.20. The quantitative estimate of drug-likeness (QED) is 0.596. The minimum atomic E-state index is 0.295. The molecule has 7 heteroatoms. The van der Waals surface area contributed by atoms with Crippen molar-refractivity contribution in [2.45, 2.75) is 19.9 Å². The first kappa shape index (κ1) is 17.0. The topological polar surface area (TPSA) is 111 Å². The third-order valence-corrected chi connectivity index (χ3v) is 4.00. The number of aromatic nitrogens is 2. The molecular formula is C18H24N6O. The number of ether oxygens (including phenoxy) is 1. The Morgan fingerprint density at radius 2 is 2.12 bits per heavy atom. The van der Waals surface area contributed by atoms with Gasteiger partial charge in [-0.05, 0) is 42.0 Å². The molecule has 0 spiro atoms. The molecule has 0 aliphatic carbocycles. The number of fused-ring (bicyclic) bond motifs is 1. The molecule has 3 heterocycles. The van der Waals surface area contributed by atoms with Crippen molar-refractivity contribution in [3.05, 3.63) is 48.1 Å². The molecule has 2 aromatic rings. The molecule has 6 N–H and O–H groups in total. The van der Waals surface area contributed by atoms with Crippen molar-refractivity contribution in [3.8, 4) is 0 Å². The van der Waals surface area contributed by atoms with E-state index < -0.39 is 0 Å². The third-order valence-electron chi connectivity index (χ3n) is 4.00. The number of hydrogen-bond acceptors (Lipinski definition) is 7. The normalized spacial score (nSPS) is 16.1. The minimum absolute atomic E-state index is 0.295. The zero-order valence-electron chi connectivity index (χ0n) is 14.5. The van der Waals surface area contributed by atoms with Crippen molar-refractivity contribution in [3.63, 3.8) is 0 Å². The van der Waals surface area contributed by atoms with Crippen LogP contribution in [0, 0.1) is 5.92 Å². The van der Waals surface area contributed by atoms with E-state index in [0.29, 0.717) is 23.6 Å². The molecule has 0 aromatic carbocycles. The van der Waals surface area contributed by atoms with Crippen LogP contribution in [0.15, 0.2) is 48.1 Å². The maximum atomic E-state index is 6.06. The number of nitrogens with one attached hydrogen (secondary N) is 2.